The average molecular weight is 182 g/mol. The monoisotopic (exact) mass is 182 g/mol. The molecule has 0 unspecified atom stereocenters. The molecule has 1 aromatic rings. The molecule has 2 heterocycles. The Morgan fingerprint density at radius 2 is 2.67 bits per heavy atom. The van der Waals surface area contributed by atoms with E-state index in [1.54, 1.807) is 18.0 Å². The Morgan fingerprint density at radius 3 is 3.33 bits per heavy atom. The lowest BCUT2D eigenvalue weighted by Crippen LogP contribution is -2.14. The van der Waals surface area contributed by atoms with Crippen LogP contribution in [-0.2, 0) is 5.75 Å². The summed E-state index contributed by atoms with van der Waals surface area (Å²) >= 11 is 1.69. The largest absolute Gasteiger partial charge is 0.468 e. The van der Waals surface area contributed by atoms with E-state index in [0.29, 0.717) is 0 Å². The summed E-state index contributed by atoms with van der Waals surface area (Å²) in [5, 5.41) is 4.22. The van der Waals surface area contributed by atoms with E-state index in [9.17, 15) is 0 Å². The molecule has 0 atom stereocenters. The van der Waals surface area contributed by atoms with E-state index in [1.807, 2.05) is 12.1 Å². The number of amidine groups is 1. The highest BCUT2D eigenvalue weighted by atomic mass is 32.2. The Hall–Kier alpha value is -0.900. The van der Waals surface area contributed by atoms with E-state index in [1.165, 1.54) is 0 Å². The van der Waals surface area contributed by atoms with Gasteiger partial charge in [-0.05, 0) is 12.1 Å². The number of nitrogens with zero attached hydrogens (tertiary/aromatic N) is 1. The van der Waals surface area contributed by atoms with Gasteiger partial charge >= 0.3 is 0 Å². The van der Waals surface area contributed by atoms with Crippen molar-refractivity contribution < 1.29 is 4.42 Å². The second-order valence-corrected chi connectivity index (χ2v) is 3.45. The van der Waals surface area contributed by atoms with Gasteiger partial charge in [-0.15, -0.1) is 0 Å². The molecule has 0 bridgehead atoms. The molecule has 3 nitrogen and oxygen atoms in total. The Morgan fingerprint density at radius 1 is 1.67 bits per heavy atom. The van der Waals surface area contributed by atoms with Crippen LogP contribution in [0.25, 0.3) is 0 Å². The highest BCUT2D eigenvalue weighted by molar-refractivity contribution is 8.13. The zero-order valence-electron chi connectivity index (χ0n) is 6.62. The van der Waals surface area contributed by atoms with Crippen molar-refractivity contribution in [2.45, 2.75) is 5.75 Å². The second-order valence-electron chi connectivity index (χ2n) is 2.48. The van der Waals surface area contributed by atoms with Crippen LogP contribution in [0.1, 0.15) is 5.76 Å². The molecule has 1 aliphatic heterocycles. The summed E-state index contributed by atoms with van der Waals surface area (Å²) < 4.78 is 5.19. The van der Waals surface area contributed by atoms with Crippen molar-refractivity contribution in [2.24, 2.45) is 4.99 Å². The molecule has 1 N–H and O–H groups in total. The first-order chi connectivity index (χ1) is 5.95. The van der Waals surface area contributed by atoms with Crippen LogP contribution in [0.4, 0.5) is 0 Å². The number of thioether (sulfide) groups is 1. The van der Waals surface area contributed by atoms with Gasteiger partial charge in [0.05, 0.1) is 18.6 Å². The van der Waals surface area contributed by atoms with Crippen LogP contribution in [0.15, 0.2) is 27.8 Å². The van der Waals surface area contributed by atoms with Crippen LogP contribution < -0.4 is 5.32 Å². The lowest BCUT2D eigenvalue weighted by atomic mass is 10.5. The first-order valence-electron chi connectivity index (χ1n) is 3.88. The van der Waals surface area contributed by atoms with E-state index >= 15 is 0 Å². The maximum Gasteiger partial charge on any atom is 0.157 e. The molecule has 2 rings (SSSR count). The molecule has 0 radical (unpaired) electrons. The number of hydrogen-bond acceptors (Lipinski definition) is 4. The summed E-state index contributed by atoms with van der Waals surface area (Å²) in [5.41, 5.74) is 0. The number of furan rings is 1. The molecule has 0 fully saturated rings. The van der Waals surface area contributed by atoms with Gasteiger partial charge in [0.2, 0.25) is 0 Å². The smallest absolute Gasteiger partial charge is 0.157 e. The standard InChI is InChI=1S/C8H10N2OS/c1-2-7(11-5-1)6-12-8-9-3-4-10-8/h1-2,5H,3-4,6H2,(H,9,10). The van der Waals surface area contributed by atoms with Crippen LogP contribution >= 0.6 is 11.8 Å². The van der Waals surface area contributed by atoms with Gasteiger partial charge in [0, 0.05) is 6.54 Å². The fourth-order valence-electron chi connectivity index (χ4n) is 1.01. The van der Waals surface area contributed by atoms with Crippen LogP contribution in [0, 0.1) is 0 Å². The normalized spacial score (nSPS) is 15.8. The van der Waals surface area contributed by atoms with Crippen LogP contribution in [0.3, 0.4) is 0 Å². The number of hydrogen-bond donors (Lipinski definition) is 1. The quantitative estimate of drug-likeness (QED) is 0.752. The molecular weight excluding hydrogens is 172 g/mol. The highest BCUT2D eigenvalue weighted by Gasteiger charge is 2.05. The zero-order chi connectivity index (χ0) is 8.23. The predicted molar refractivity (Wildman–Crippen MR) is 50.3 cm³/mol. The van der Waals surface area contributed by atoms with Gasteiger partial charge in [0.25, 0.3) is 0 Å². The number of nitrogens with one attached hydrogen (secondary N) is 1. The maximum absolute atomic E-state index is 5.19. The maximum atomic E-state index is 5.19. The minimum absolute atomic E-state index is 0.860. The molecule has 0 aliphatic carbocycles. The van der Waals surface area contributed by atoms with Crippen molar-refractivity contribution in [3.8, 4) is 0 Å². The fraction of sp³-hybridized carbons (Fsp3) is 0.375. The number of rotatable bonds is 2. The molecular formula is C8H10N2OS. The van der Waals surface area contributed by atoms with E-state index in [0.717, 1.165) is 29.8 Å². The molecule has 0 spiro atoms. The average Bonchev–Trinajstić information content (AvgIpc) is 2.74. The zero-order valence-corrected chi connectivity index (χ0v) is 7.43. The van der Waals surface area contributed by atoms with Crippen LogP contribution in [-0.4, -0.2) is 18.3 Å². The molecule has 1 aromatic heterocycles. The summed E-state index contributed by atoms with van der Waals surface area (Å²) in [4.78, 5) is 4.26. The Kier molecular flexibility index (Phi) is 2.36. The highest BCUT2D eigenvalue weighted by Crippen LogP contribution is 2.14. The predicted octanol–water partition coefficient (Wildman–Crippen LogP) is 1.47. The van der Waals surface area contributed by atoms with Gasteiger partial charge in [-0.1, -0.05) is 11.8 Å². The van der Waals surface area contributed by atoms with Crippen molar-refractivity contribution in [1.29, 1.82) is 0 Å². The van der Waals surface area contributed by atoms with E-state index in [-0.39, 0.29) is 0 Å². The van der Waals surface area contributed by atoms with Crippen molar-refractivity contribution in [3.05, 3.63) is 24.2 Å². The summed E-state index contributed by atoms with van der Waals surface area (Å²) in [6, 6.07) is 3.88. The lowest BCUT2D eigenvalue weighted by Gasteiger charge is -1.98. The first-order valence-corrected chi connectivity index (χ1v) is 4.87. The van der Waals surface area contributed by atoms with Gasteiger partial charge < -0.3 is 9.73 Å². The van der Waals surface area contributed by atoms with Gasteiger partial charge in [-0.2, -0.15) is 0 Å². The van der Waals surface area contributed by atoms with Gasteiger partial charge in [-0.25, -0.2) is 0 Å². The SMILES string of the molecule is c1coc(CSC2=NCCN2)c1. The van der Waals surface area contributed by atoms with E-state index in [4.69, 9.17) is 4.42 Å². The third kappa shape index (κ3) is 1.82. The minimum atomic E-state index is 0.860. The van der Waals surface area contributed by atoms with Crippen molar-refractivity contribution in [3.63, 3.8) is 0 Å². The summed E-state index contributed by atoms with van der Waals surface area (Å²) in [7, 11) is 0. The molecule has 12 heavy (non-hydrogen) atoms. The summed E-state index contributed by atoms with van der Waals surface area (Å²) in [5.74, 6) is 1.86. The van der Waals surface area contributed by atoms with Gasteiger partial charge in [0.1, 0.15) is 5.76 Å². The molecule has 4 heteroatoms. The Bertz CT molecular complexity index is 269. The minimum Gasteiger partial charge on any atom is -0.468 e. The molecule has 0 saturated carbocycles. The third-order valence-electron chi connectivity index (χ3n) is 1.57. The van der Waals surface area contributed by atoms with E-state index in [2.05, 4.69) is 10.3 Å². The Labute approximate surface area is 75.2 Å². The topological polar surface area (TPSA) is 37.5 Å². The van der Waals surface area contributed by atoms with Gasteiger partial charge in [-0.3, -0.25) is 4.99 Å². The number of aliphatic imine (C=N–C) groups is 1. The first kappa shape index (κ1) is 7.73. The summed E-state index contributed by atoms with van der Waals surface area (Å²) in [6.07, 6.45) is 1.69. The van der Waals surface area contributed by atoms with Crippen LogP contribution in [0.5, 0.6) is 0 Å². The molecule has 0 saturated heterocycles. The molecule has 0 aromatic carbocycles. The fourth-order valence-corrected chi connectivity index (χ4v) is 1.84. The lowest BCUT2D eigenvalue weighted by molar-refractivity contribution is 0.530. The molecule has 0 amide bonds. The van der Waals surface area contributed by atoms with Crippen molar-refractivity contribution >= 4 is 16.9 Å². The molecule has 1 aliphatic rings. The van der Waals surface area contributed by atoms with Crippen molar-refractivity contribution in [2.75, 3.05) is 13.1 Å². The Balaban J connectivity index is 1.82. The van der Waals surface area contributed by atoms with Crippen LogP contribution in [0.2, 0.25) is 0 Å². The van der Waals surface area contributed by atoms with Gasteiger partial charge in [0.15, 0.2) is 5.17 Å². The van der Waals surface area contributed by atoms with E-state index < -0.39 is 0 Å². The summed E-state index contributed by atoms with van der Waals surface area (Å²) in [6.45, 7) is 1.88. The van der Waals surface area contributed by atoms with Crippen molar-refractivity contribution in [1.82, 2.24) is 5.32 Å². The third-order valence-corrected chi connectivity index (χ3v) is 2.55. The molecule has 64 valence electrons. The second kappa shape index (κ2) is 3.67.